The van der Waals surface area contributed by atoms with E-state index in [1.54, 1.807) is 49.4 Å². The fraction of sp³-hybridized carbons (Fsp3) is 0.0476. The number of para-hydroxylation sites is 1. The molecule has 0 saturated heterocycles. The Morgan fingerprint density at radius 2 is 1.30 bits per heavy atom. The Labute approximate surface area is 156 Å². The van der Waals surface area contributed by atoms with E-state index in [4.69, 9.17) is 0 Å². The van der Waals surface area contributed by atoms with Crippen molar-refractivity contribution in [3.05, 3.63) is 94.5 Å². The molecular weight excluding hydrogens is 362 g/mol. The second-order valence-electron chi connectivity index (χ2n) is 6.30. The molecule has 4 rings (SSSR count). The number of fused-ring (bicyclic) bond motifs is 2. The van der Waals surface area contributed by atoms with E-state index in [9.17, 15) is 18.0 Å². The number of hydrogen-bond acceptors (Lipinski definition) is 4. The van der Waals surface area contributed by atoms with Crippen molar-refractivity contribution >= 4 is 27.3 Å². The van der Waals surface area contributed by atoms with Crippen LogP contribution < -0.4 is 4.72 Å². The average molecular weight is 377 g/mol. The lowest BCUT2D eigenvalue weighted by Crippen LogP contribution is -2.25. The van der Waals surface area contributed by atoms with Crippen molar-refractivity contribution in [2.75, 3.05) is 4.72 Å². The van der Waals surface area contributed by atoms with Gasteiger partial charge in [0.25, 0.3) is 10.0 Å². The number of benzene rings is 3. The van der Waals surface area contributed by atoms with Gasteiger partial charge in [0.15, 0.2) is 11.6 Å². The molecule has 27 heavy (non-hydrogen) atoms. The minimum absolute atomic E-state index is 0.0812. The van der Waals surface area contributed by atoms with Gasteiger partial charge in [0, 0.05) is 16.7 Å². The highest BCUT2D eigenvalue weighted by atomic mass is 32.2. The van der Waals surface area contributed by atoms with Crippen LogP contribution in [-0.2, 0) is 10.0 Å². The van der Waals surface area contributed by atoms with Crippen LogP contribution in [-0.4, -0.2) is 20.0 Å². The molecule has 5 nitrogen and oxygen atoms in total. The zero-order valence-electron chi connectivity index (χ0n) is 14.4. The van der Waals surface area contributed by atoms with E-state index in [2.05, 4.69) is 4.72 Å². The Morgan fingerprint density at radius 1 is 0.704 bits per heavy atom. The second kappa shape index (κ2) is 6.17. The fourth-order valence-corrected chi connectivity index (χ4v) is 4.58. The van der Waals surface area contributed by atoms with Gasteiger partial charge in [-0.2, -0.15) is 0 Å². The van der Waals surface area contributed by atoms with Crippen molar-refractivity contribution in [3.63, 3.8) is 0 Å². The molecule has 0 amide bonds. The van der Waals surface area contributed by atoms with Crippen LogP contribution in [0.5, 0.6) is 0 Å². The van der Waals surface area contributed by atoms with Crippen LogP contribution in [0, 0.1) is 6.92 Å². The van der Waals surface area contributed by atoms with Gasteiger partial charge in [-0.3, -0.25) is 14.3 Å². The van der Waals surface area contributed by atoms with Crippen LogP contribution in [0.3, 0.4) is 0 Å². The summed E-state index contributed by atoms with van der Waals surface area (Å²) in [5.41, 5.74) is 1.70. The summed E-state index contributed by atoms with van der Waals surface area (Å²) in [6, 6.07) is 17.7. The molecule has 0 radical (unpaired) electrons. The van der Waals surface area contributed by atoms with Gasteiger partial charge in [-0.1, -0.05) is 54.6 Å². The molecule has 1 aliphatic carbocycles. The SMILES string of the molecule is Cc1ccccc1NS(=O)(=O)c1cccc2c1C(=O)c1ccccc1C2=O. The van der Waals surface area contributed by atoms with Gasteiger partial charge in [-0.25, -0.2) is 8.42 Å². The number of aryl methyl sites for hydroxylation is 1. The van der Waals surface area contributed by atoms with Crippen molar-refractivity contribution < 1.29 is 18.0 Å². The molecule has 1 aliphatic rings. The second-order valence-corrected chi connectivity index (χ2v) is 7.95. The highest BCUT2D eigenvalue weighted by molar-refractivity contribution is 7.92. The van der Waals surface area contributed by atoms with Crippen molar-refractivity contribution in [2.24, 2.45) is 0 Å². The first-order valence-corrected chi connectivity index (χ1v) is 9.78. The first kappa shape index (κ1) is 17.2. The summed E-state index contributed by atoms with van der Waals surface area (Å²) in [4.78, 5) is 25.6. The molecule has 3 aromatic rings. The first-order valence-electron chi connectivity index (χ1n) is 8.30. The Balaban J connectivity index is 1.88. The Hall–Kier alpha value is -3.25. The molecule has 0 unspecified atom stereocenters. The first-order chi connectivity index (χ1) is 12.9. The predicted octanol–water partition coefficient (Wildman–Crippen LogP) is 3.57. The molecule has 6 heteroatoms. The smallest absolute Gasteiger partial charge is 0.262 e. The molecule has 0 fully saturated rings. The number of sulfonamides is 1. The number of ketones is 2. The van der Waals surface area contributed by atoms with E-state index >= 15 is 0 Å². The van der Waals surface area contributed by atoms with E-state index in [1.165, 1.54) is 24.3 Å². The number of hydrogen-bond donors (Lipinski definition) is 1. The third-order valence-corrected chi connectivity index (χ3v) is 6.00. The molecule has 0 aromatic heterocycles. The van der Waals surface area contributed by atoms with Gasteiger partial charge in [0.05, 0.1) is 16.1 Å². The van der Waals surface area contributed by atoms with Crippen molar-refractivity contribution in [3.8, 4) is 0 Å². The van der Waals surface area contributed by atoms with Crippen molar-refractivity contribution in [2.45, 2.75) is 11.8 Å². The molecule has 0 heterocycles. The van der Waals surface area contributed by atoms with Crippen molar-refractivity contribution in [1.82, 2.24) is 0 Å². The third kappa shape index (κ3) is 2.74. The summed E-state index contributed by atoms with van der Waals surface area (Å²) in [7, 11) is -4.06. The Bertz CT molecular complexity index is 1210. The Morgan fingerprint density at radius 3 is 2.00 bits per heavy atom. The van der Waals surface area contributed by atoms with E-state index in [1.807, 2.05) is 0 Å². The van der Waals surface area contributed by atoms with E-state index in [0.29, 0.717) is 5.69 Å². The average Bonchev–Trinajstić information content (AvgIpc) is 2.67. The minimum atomic E-state index is -4.06. The molecule has 0 bridgehead atoms. The van der Waals surface area contributed by atoms with Crippen LogP contribution in [0.25, 0.3) is 0 Å². The Kier molecular flexibility index (Phi) is 3.93. The van der Waals surface area contributed by atoms with Crippen molar-refractivity contribution in [1.29, 1.82) is 0 Å². The van der Waals surface area contributed by atoms with Gasteiger partial charge >= 0.3 is 0 Å². The minimum Gasteiger partial charge on any atom is -0.289 e. The van der Waals surface area contributed by atoms with E-state index in [0.717, 1.165) is 5.56 Å². The van der Waals surface area contributed by atoms with Crippen LogP contribution >= 0.6 is 0 Å². The highest BCUT2D eigenvalue weighted by Crippen LogP contribution is 2.32. The maximum Gasteiger partial charge on any atom is 0.262 e. The normalized spacial score (nSPS) is 13.1. The summed E-state index contributed by atoms with van der Waals surface area (Å²) in [5.74, 6) is -0.820. The summed E-state index contributed by atoms with van der Waals surface area (Å²) < 4.78 is 28.6. The van der Waals surface area contributed by atoms with Crippen LogP contribution in [0.15, 0.2) is 71.6 Å². The standard InChI is InChI=1S/C21H15NO4S/c1-13-7-2-5-11-17(13)22-27(25,26)18-12-6-10-16-19(18)21(24)15-9-4-3-8-14(15)20(16)23/h2-12,22H,1H3. The van der Waals surface area contributed by atoms with Crippen LogP contribution in [0.1, 0.15) is 37.4 Å². The lowest BCUT2D eigenvalue weighted by atomic mass is 9.84. The van der Waals surface area contributed by atoms with Gasteiger partial charge in [-0.15, -0.1) is 0 Å². The lowest BCUT2D eigenvalue weighted by Gasteiger charge is -2.20. The largest absolute Gasteiger partial charge is 0.289 e. The highest BCUT2D eigenvalue weighted by Gasteiger charge is 2.34. The molecule has 0 aliphatic heterocycles. The number of carbonyl (C=O) groups is 2. The monoisotopic (exact) mass is 377 g/mol. The van der Waals surface area contributed by atoms with E-state index in [-0.39, 0.29) is 32.9 Å². The quantitative estimate of drug-likeness (QED) is 0.592. The molecule has 0 saturated carbocycles. The molecule has 0 spiro atoms. The number of anilines is 1. The summed E-state index contributed by atoms with van der Waals surface area (Å²) in [5, 5.41) is 0. The lowest BCUT2D eigenvalue weighted by molar-refractivity contribution is 0.0976. The topological polar surface area (TPSA) is 80.3 Å². The zero-order chi connectivity index (χ0) is 19.2. The zero-order valence-corrected chi connectivity index (χ0v) is 15.2. The number of carbonyl (C=O) groups excluding carboxylic acids is 2. The molecule has 134 valence electrons. The van der Waals surface area contributed by atoms with Gasteiger partial charge in [0.1, 0.15) is 0 Å². The summed E-state index contributed by atoms with van der Waals surface area (Å²) >= 11 is 0. The number of rotatable bonds is 3. The van der Waals surface area contributed by atoms with Gasteiger partial charge in [-0.05, 0) is 24.6 Å². The van der Waals surface area contributed by atoms with Gasteiger partial charge < -0.3 is 0 Å². The maximum absolute atomic E-state index is 13.0. The molecule has 0 atom stereocenters. The van der Waals surface area contributed by atoms with E-state index < -0.39 is 15.8 Å². The fourth-order valence-electron chi connectivity index (χ4n) is 3.22. The molecule has 3 aromatic carbocycles. The third-order valence-electron chi connectivity index (χ3n) is 4.59. The maximum atomic E-state index is 13.0. The van der Waals surface area contributed by atoms with Crippen LogP contribution in [0.4, 0.5) is 5.69 Å². The molecule has 1 N–H and O–H groups in total. The van der Waals surface area contributed by atoms with Gasteiger partial charge in [0.2, 0.25) is 0 Å². The summed E-state index contributed by atoms with van der Waals surface area (Å²) in [6.07, 6.45) is 0. The number of nitrogens with one attached hydrogen (secondary N) is 1. The predicted molar refractivity (Wildman–Crippen MR) is 102 cm³/mol. The summed E-state index contributed by atoms with van der Waals surface area (Å²) in [6.45, 7) is 1.78. The molecular formula is C21H15NO4S. The van der Waals surface area contributed by atoms with Crippen LogP contribution in [0.2, 0.25) is 0 Å².